The van der Waals surface area contributed by atoms with Gasteiger partial charge >= 0.3 is 0 Å². The van der Waals surface area contributed by atoms with E-state index in [9.17, 15) is 4.79 Å². The lowest BCUT2D eigenvalue weighted by atomic mass is 9.93. The Bertz CT molecular complexity index is 468. The third-order valence-corrected chi connectivity index (χ3v) is 4.09. The number of benzene rings is 1. The van der Waals surface area contributed by atoms with Crippen molar-refractivity contribution in [3.63, 3.8) is 0 Å². The van der Waals surface area contributed by atoms with Gasteiger partial charge < -0.3 is 10.2 Å². The number of fused-ring (bicyclic) bond motifs is 1. The van der Waals surface area contributed by atoms with E-state index in [1.54, 1.807) is 0 Å². The molecule has 3 nitrogen and oxygen atoms in total. The molecule has 1 N–H and O–H groups in total. The smallest absolute Gasteiger partial charge is 0.244 e. The number of nitrogens with zero attached hydrogens (tertiary/aromatic N) is 1. The monoisotopic (exact) mass is 258 g/mol. The fraction of sp³-hybridized carbons (Fsp3) is 0.562. The van der Waals surface area contributed by atoms with Crippen molar-refractivity contribution in [2.45, 2.75) is 44.7 Å². The minimum absolute atomic E-state index is 0.128. The van der Waals surface area contributed by atoms with Gasteiger partial charge in [-0.1, -0.05) is 31.2 Å². The molecule has 1 amide bonds. The first-order chi connectivity index (χ1) is 9.31. The average Bonchev–Trinajstić information content (AvgIpc) is 3.28. The molecule has 0 radical (unpaired) electrons. The highest BCUT2D eigenvalue weighted by atomic mass is 16.2. The lowest BCUT2D eigenvalue weighted by molar-refractivity contribution is -0.134. The van der Waals surface area contributed by atoms with E-state index < -0.39 is 0 Å². The quantitative estimate of drug-likeness (QED) is 0.898. The number of hydrogen-bond acceptors (Lipinski definition) is 2. The van der Waals surface area contributed by atoms with Crippen LogP contribution in [0.25, 0.3) is 0 Å². The van der Waals surface area contributed by atoms with Crippen LogP contribution >= 0.6 is 0 Å². The first kappa shape index (κ1) is 12.7. The van der Waals surface area contributed by atoms with Crippen LogP contribution in [0, 0.1) is 0 Å². The van der Waals surface area contributed by atoms with Gasteiger partial charge in [-0.25, -0.2) is 0 Å². The van der Waals surface area contributed by atoms with Crippen LogP contribution in [0.4, 0.5) is 0 Å². The molecular formula is C16H22N2O. The number of rotatable bonds is 4. The maximum Gasteiger partial charge on any atom is 0.244 e. The van der Waals surface area contributed by atoms with Crippen molar-refractivity contribution in [3.05, 3.63) is 35.4 Å². The zero-order chi connectivity index (χ0) is 13.2. The van der Waals surface area contributed by atoms with Crippen molar-refractivity contribution in [1.29, 1.82) is 0 Å². The van der Waals surface area contributed by atoms with Gasteiger partial charge in [0.15, 0.2) is 0 Å². The summed E-state index contributed by atoms with van der Waals surface area (Å²) in [6.07, 6.45) is 4.42. The van der Waals surface area contributed by atoms with Gasteiger partial charge in [0, 0.05) is 19.1 Å². The lowest BCUT2D eigenvalue weighted by Crippen LogP contribution is -2.45. The second-order valence-electron chi connectivity index (χ2n) is 5.60. The Balaban J connectivity index is 1.83. The van der Waals surface area contributed by atoms with Crippen molar-refractivity contribution in [1.82, 2.24) is 10.2 Å². The summed E-state index contributed by atoms with van der Waals surface area (Å²) in [4.78, 5) is 14.9. The number of nitrogens with one attached hydrogen (secondary N) is 1. The van der Waals surface area contributed by atoms with Crippen molar-refractivity contribution in [2.75, 3.05) is 13.1 Å². The van der Waals surface area contributed by atoms with E-state index in [1.807, 2.05) is 6.07 Å². The Morgan fingerprint density at radius 1 is 1.37 bits per heavy atom. The van der Waals surface area contributed by atoms with Crippen LogP contribution in [0.15, 0.2) is 24.3 Å². The van der Waals surface area contributed by atoms with Crippen LogP contribution in [0.1, 0.15) is 43.4 Å². The van der Waals surface area contributed by atoms with Gasteiger partial charge in [0.1, 0.15) is 6.04 Å². The van der Waals surface area contributed by atoms with E-state index in [4.69, 9.17) is 0 Å². The normalized spacial score (nSPS) is 21.8. The molecule has 1 fully saturated rings. The van der Waals surface area contributed by atoms with Crippen molar-refractivity contribution >= 4 is 5.91 Å². The first-order valence-corrected chi connectivity index (χ1v) is 7.43. The molecule has 3 heteroatoms. The van der Waals surface area contributed by atoms with Gasteiger partial charge in [-0.15, -0.1) is 0 Å². The van der Waals surface area contributed by atoms with Crippen LogP contribution < -0.4 is 5.32 Å². The molecule has 0 saturated heterocycles. The SMILES string of the molecule is CCCN(C(=O)C1NCCc2ccccc21)C1CC1. The summed E-state index contributed by atoms with van der Waals surface area (Å²) in [5, 5.41) is 3.41. The summed E-state index contributed by atoms with van der Waals surface area (Å²) in [6, 6.07) is 8.73. The zero-order valence-corrected chi connectivity index (χ0v) is 11.6. The highest BCUT2D eigenvalue weighted by Gasteiger charge is 2.36. The van der Waals surface area contributed by atoms with Gasteiger partial charge in [0.05, 0.1) is 0 Å². The second kappa shape index (κ2) is 5.33. The van der Waals surface area contributed by atoms with E-state index in [-0.39, 0.29) is 11.9 Å². The van der Waals surface area contributed by atoms with E-state index in [2.05, 4.69) is 35.3 Å². The molecule has 102 valence electrons. The summed E-state index contributed by atoms with van der Waals surface area (Å²) >= 11 is 0. The van der Waals surface area contributed by atoms with Gasteiger partial charge in [-0.2, -0.15) is 0 Å². The van der Waals surface area contributed by atoms with Crippen LogP contribution in [0.2, 0.25) is 0 Å². The number of carbonyl (C=O) groups is 1. The zero-order valence-electron chi connectivity index (χ0n) is 11.6. The van der Waals surface area contributed by atoms with Gasteiger partial charge in [0.2, 0.25) is 5.91 Å². The Labute approximate surface area is 115 Å². The van der Waals surface area contributed by atoms with Crippen molar-refractivity contribution < 1.29 is 4.79 Å². The van der Waals surface area contributed by atoms with Gasteiger partial charge in [-0.05, 0) is 36.8 Å². The van der Waals surface area contributed by atoms with Crippen molar-refractivity contribution in [2.24, 2.45) is 0 Å². The van der Waals surface area contributed by atoms with Gasteiger partial charge in [-0.3, -0.25) is 4.79 Å². The molecule has 1 aromatic rings. The second-order valence-corrected chi connectivity index (χ2v) is 5.60. The molecule has 2 aliphatic rings. The number of hydrogen-bond donors (Lipinski definition) is 1. The summed E-state index contributed by atoms with van der Waals surface area (Å²) in [7, 11) is 0. The average molecular weight is 258 g/mol. The maximum absolute atomic E-state index is 12.8. The highest BCUT2D eigenvalue weighted by Crippen LogP contribution is 2.31. The predicted octanol–water partition coefficient (Wildman–Crippen LogP) is 2.27. The highest BCUT2D eigenvalue weighted by molar-refractivity contribution is 5.84. The molecule has 0 spiro atoms. The minimum Gasteiger partial charge on any atom is -0.338 e. The Hall–Kier alpha value is -1.35. The molecule has 1 aromatic carbocycles. The van der Waals surface area contributed by atoms with Gasteiger partial charge in [0.25, 0.3) is 0 Å². The molecule has 3 rings (SSSR count). The Kier molecular flexibility index (Phi) is 3.56. The first-order valence-electron chi connectivity index (χ1n) is 7.43. The largest absolute Gasteiger partial charge is 0.338 e. The lowest BCUT2D eigenvalue weighted by Gasteiger charge is -2.31. The molecule has 0 aromatic heterocycles. The molecule has 1 heterocycles. The Morgan fingerprint density at radius 2 is 2.16 bits per heavy atom. The van der Waals surface area contributed by atoms with E-state index in [0.717, 1.165) is 25.9 Å². The summed E-state index contributed by atoms with van der Waals surface area (Å²) in [6.45, 7) is 3.94. The van der Waals surface area contributed by atoms with Crippen LogP contribution in [0.3, 0.4) is 0 Å². The third-order valence-electron chi connectivity index (χ3n) is 4.09. The maximum atomic E-state index is 12.8. The van der Waals surface area contributed by atoms with Crippen LogP contribution in [0.5, 0.6) is 0 Å². The van der Waals surface area contributed by atoms with Crippen molar-refractivity contribution in [3.8, 4) is 0 Å². The minimum atomic E-state index is -0.128. The molecule has 1 aliphatic carbocycles. The van der Waals surface area contributed by atoms with Crippen LogP contribution in [-0.4, -0.2) is 29.9 Å². The fourth-order valence-electron chi connectivity index (χ4n) is 2.99. The molecule has 1 atom stereocenters. The summed E-state index contributed by atoms with van der Waals surface area (Å²) < 4.78 is 0. The molecular weight excluding hydrogens is 236 g/mol. The predicted molar refractivity (Wildman–Crippen MR) is 75.9 cm³/mol. The van der Waals surface area contributed by atoms with Crippen LogP contribution in [-0.2, 0) is 11.2 Å². The number of amides is 1. The molecule has 1 saturated carbocycles. The van der Waals surface area contributed by atoms with E-state index in [0.29, 0.717) is 6.04 Å². The molecule has 19 heavy (non-hydrogen) atoms. The van der Waals surface area contributed by atoms with E-state index in [1.165, 1.54) is 24.0 Å². The molecule has 1 unspecified atom stereocenters. The molecule has 1 aliphatic heterocycles. The topological polar surface area (TPSA) is 32.3 Å². The van der Waals surface area contributed by atoms with E-state index >= 15 is 0 Å². The standard InChI is InChI=1S/C16H22N2O/c1-2-11-18(13-7-8-13)16(19)15-14-6-4-3-5-12(14)9-10-17-15/h3-6,13,15,17H,2,7-11H2,1H3. The summed E-state index contributed by atoms with van der Waals surface area (Å²) in [5.41, 5.74) is 2.51. The number of carbonyl (C=O) groups excluding carboxylic acids is 1. The fourth-order valence-corrected chi connectivity index (χ4v) is 2.99. The molecule has 0 bridgehead atoms. The third kappa shape index (κ3) is 2.52. The Morgan fingerprint density at radius 3 is 2.89 bits per heavy atom. The summed E-state index contributed by atoms with van der Waals surface area (Å²) in [5.74, 6) is 0.275.